The van der Waals surface area contributed by atoms with Gasteiger partial charge in [-0.1, -0.05) is 77.8 Å². The smallest absolute Gasteiger partial charge is 0.244 e. The second-order valence-electron chi connectivity index (χ2n) is 9.08. The minimum Gasteiger partial charge on any atom is -0.352 e. The normalized spacial score (nSPS) is 15.2. The molecule has 3 rings (SSSR count). The van der Waals surface area contributed by atoms with E-state index in [1.54, 1.807) is 25.1 Å². The van der Waals surface area contributed by atoms with Crippen LogP contribution in [0.4, 0.5) is 5.69 Å². The molecule has 2 aromatic carbocycles. The van der Waals surface area contributed by atoms with Crippen LogP contribution in [0.2, 0.25) is 20.1 Å². The largest absolute Gasteiger partial charge is 0.352 e. The predicted molar refractivity (Wildman–Crippen MR) is 150 cm³/mol. The molecule has 0 aliphatic heterocycles. The first-order chi connectivity index (χ1) is 17.4. The molecule has 1 N–H and O–H groups in total. The number of anilines is 1. The molecule has 1 fully saturated rings. The van der Waals surface area contributed by atoms with Gasteiger partial charge >= 0.3 is 0 Å². The average molecular weight is 609 g/mol. The Labute approximate surface area is 238 Å². The Hall–Kier alpha value is -1.71. The average Bonchev–Trinajstić information content (AvgIpc) is 2.84. The zero-order valence-corrected chi connectivity index (χ0v) is 24.4. The summed E-state index contributed by atoms with van der Waals surface area (Å²) in [6.45, 7) is 0.886. The summed E-state index contributed by atoms with van der Waals surface area (Å²) in [4.78, 5) is 28.2. The van der Waals surface area contributed by atoms with Gasteiger partial charge in [-0.3, -0.25) is 13.9 Å². The van der Waals surface area contributed by atoms with Crippen LogP contribution in [0.5, 0.6) is 0 Å². The molecule has 0 spiro atoms. The zero-order chi connectivity index (χ0) is 27.3. The van der Waals surface area contributed by atoms with Gasteiger partial charge in [0.15, 0.2) is 0 Å². The quantitative estimate of drug-likeness (QED) is 0.382. The molecule has 12 heteroatoms. The molecular formula is C25H29Cl4N3O4S. The van der Waals surface area contributed by atoms with Crippen LogP contribution >= 0.6 is 46.4 Å². The molecular weight excluding hydrogens is 580 g/mol. The highest BCUT2D eigenvalue weighted by Crippen LogP contribution is 2.34. The number of nitrogens with one attached hydrogen (secondary N) is 1. The van der Waals surface area contributed by atoms with Crippen molar-refractivity contribution in [1.82, 2.24) is 10.2 Å². The van der Waals surface area contributed by atoms with Crippen LogP contribution in [-0.4, -0.2) is 50.0 Å². The molecule has 1 saturated carbocycles. The third-order valence-corrected chi connectivity index (χ3v) is 9.03. The van der Waals surface area contributed by atoms with Gasteiger partial charge in [0.05, 0.1) is 22.0 Å². The van der Waals surface area contributed by atoms with Crippen LogP contribution < -0.4 is 9.62 Å². The van der Waals surface area contributed by atoms with Crippen molar-refractivity contribution in [1.29, 1.82) is 0 Å². The van der Waals surface area contributed by atoms with Gasteiger partial charge in [0.1, 0.15) is 12.6 Å². The number of nitrogens with zero attached hydrogens (tertiary/aromatic N) is 2. The Morgan fingerprint density at radius 2 is 1.54 bits per heavy atom. The molecule has 1 atom stereocenters. The summed E-state index contributed by atoms with van der Waals surface area (Å²) < 4.78 is 26.3. The van der Waals surface area contributed by atoms with Gasteiger partial charge in [0.25, 0.3) is 0 Å². The molecule has 202 valence electrons. The third-order valence-electron chi connectivity index (χ3n) is 6.39. The molecule has 0 aromatic heterocycles. The predicted octanol–water partition coefficient (Wildman–Crippen LogP) is 5.93. The van der Waals surface area contributed by atoms with Crippen LogP contribution in [0.15, 0.2) is 36.4 Å². The van der Waals surface area contributed by atoms with Crippen molar-refractivity contribution >= 4 is 73.9 Å². The Morgan fingerprint density at radius 3 is 2.14 bits per heavy atom. The SMILES string of the molecule is CC(C(=O)NC1CCCCC1)N(Cc1c(Cl)cccc1Cl)C(=O)CN(c1cccc(Cl)c1Cl)S(C)(=O)=O. The van der Waals surface area contributed by atoms with E-state index in [0.717, 1.165) is 42.7 Å². The molecule has 0 radical (unpaired) electrons. The van der Waals surface area contributed by atoms with Gasteiger partial charge < -0.3 is 10.2 Å². The fourth-order valence-corrected chi connectivity index (χ4v) is 6.10. The van der Waals surface area contributed by atoms with Gasteiger partial charge in [-0.25, -0.2) is 8.42 Å². The fourth-order valence-electron chi connectivity index (χ4n) is 4.28. The van der Waals surface area contributed by atoms with Gasteiger partial charge in [0, 0.05) is 28.2 Å². The van der Waals surface area contributed by atoms with E-state index in [9.17, 15) is 18.0 Å². The summed E-state index contributed by atoms with van der Waals surface area (Å²) in [5.41, 5.74) is 0.503. The number of hydrogen-bond donors (Lipinski definition) is 1. The van der Waals surface area contributed by atoms with Crippen molar-refractivity contribution in [2.24, 2.45) is 0 Å². The van der Waals surface area contributed by atoms with Crippen LogP contribution in [-0.2, 0) is 26.2 Å². The minimum absolute atomic E-state index is 0.00817. The lowest BCUT2D eigenvalue weighted by atomic mass is 9.95. The number of benzene rings is 2. The lowest BCUT2D eigenvalue weighted by Crippen LogP contribution is -2.53. The maximum absolute atomic E-state index is 13.7. The van der Waals surface area contributed by atoms with Crippen molar-refractivity contribution in [2.75, 3.05) is 17.1 Å². The molecule has 1 aliphatic rings. The van der Waals surface area contributed by atoms with Crippen molar-refractivity contribution in [3.63, 3.8) is 0 Å². The van der Waals surface area contributed by atoms with Gasteiger partial charge in [0.2, 0.25) is 21.8 Å². The molecule has 0 saturated heterocycles. The Bertz CT molecular complexity index is 1230. The van der Waals surface area contributed by atoms with E-state index in [4.69, 9.17) is 46.4 Å². The number of sulfonamides is 1. The Morgan fingerprint density at radius 1 is 0.973 bits per heavy atom. The number of rotatable bonds is 9. The standard InChI is InChI=1S/C25H29Cl4N3O4S/c1-16(25(34)30-17-8-4-3-5-9-17)31(14-18-19(26)10-6-11-20(18)27)23(33)15-32(37(2,35)36)22-13-7-12-21(28)24(22)29/h6-7,10-13,16-17H,3-5,8-9,14-15H2,1-2H3,(H,30,34). The topological polar surface area (TPSA) is 86.8 Å². The zero-order valence-electron chi connectivity index (χ0n) is 20.5. The molecule has 2 aromatic rings. The number of halogens is 4. The van der Waals surface area contributed by atoms with Crippen molar-refractivity contribution < 1.29 is 18.0 Å². The number of carbonyl (C=O) groups excluding carboxylic acids is 2. The van der Waals surface area contributed by atoms with Crippen molar-refractivity contribution in [3.8, 4) is 0 Å². The maximum atomic E-state index is 13.7. The highest BCUT2D eigenvalue weighted by atomic mass is 35.5. The molecule has 0 bridgehead atoms. The second-order valence-corrected chi connectivity index (χ2v) is 12.6. The highest BCUT2D eigenvalue weighted by Gasteiger charge is 2.32. The molecule has 0 heterocycles. The number of amides is 2. The van der Waals surface area contributed by atoms with E-state index in [-0.39, 0.29) is 34.2 Å². The Kier molecular flexibility index (Phi) is 10.4. The fraction of sp³-hybridized carbons (Fsp3) is 0.440. The number of hydrogen-bond acceptors (Lipinski definition) is 4. The summed E-state index contributed by atoms with van der Waals surface area (Å²) in [6.07, 6.45) is 5.90. The van der Waals surface area contributed by atoms with E-state index in [1.165, 1.54) is 23.1 Å². The molecule has 1 unspecified atom stereocenters. The van der Waals surface area contributed by atoms with Crippen LogP contribution in [0.1, 0.15) is 44.6 Å². The van der Waals surface area contributed by atoms with E-state index in [2.05, 4.69) is 5.32 Å². The van der Waals surface area contributed by atoms with Gasteiger partial charge in [-0.15, -0.1) is 0 Å². The van der Waals surface area contributed by atoms with Crippen LogP contribution in [0, 0.1) is 0 Å². The molecule has 37 heavy (non-hydrogen) atoms. The van der Waals surface area contributed by atoms with Crippen molar-refractivity contribution in [3.05, 3.63) is 62.1 Å². The molecule has 7 nitrogen and oxygen atoms in total. The molecule has 2 amide bonds. The minimum atomic E-state index is -3.95. The Balaban J connectivity index is 1.95. The monoisotopic (exact) mass is 607 g/mol. The van der Waals surface area contributed by atoms with E-state index in [1.807, 2.05) is 0 Å². The van der Waals surface area contributed by atoms with Gasteiger partial charge in [-0.2, -0.15) is 0 Å². The first kappa shape index (κ1) is 29.8. The highest BCUT2D eigenvalue weighted by molar-refractivity contribution is 7.92. The maximum Gasteiger partial charge on any atom is 0.244 e. The third kappa shape index (κ3) is 7.67. The first-order valence-electron chi connectivity index (χ1n) is 11.8. The van der Waals surface area contributed by atoms with Crippen LogP contribution in [0.25, 0.3) is 0 Å². The lowest BCUT2D eigenvalue weighted by Gasteiger charge is -2.33. The van der Waals surface area contributed by atoms with E-state index >= 15 is 0 Å². The van der Waals surface area contributed by atoms with E-state index in [0.29, 0.717) is 15.6 Å². The van der Waals surface area contributed by atoms with Gasteiger partial charge in [-0.05, 0) is 44.0 Å². The summed E-state index contributed by atoms with van der Waals surface area (Å²) in [5, 5.41) is 3.81. The summed E-state index contributed by atoms with van der Waals surface area (Å²) in [7, 11) is -3.95. The van der Waals surface area contributed by atoms with E-state index < -0.39 is 28.5 Å². The lowest BCUT2D eigenvalue weighted by molar-refractivity contribution is -0.139. The molecule has 1 aliphatic carbocycles. The van der Waals surface area contributed by atoms with Crippen molar-refractivity contribution in [2.45, 2.75) is 57.7 Å². The summed E-state index contributed by atoms with van der Waals surface area (Å²) >= 11 is 25.1. The number of carbonyl (C=O) groups is 2. The van der Waals surface area contributed by atoms with Crippen LogP contribution in [0.3, 0.4) is 0 Å². The second kappa shape index (κ2) is 12.9. The summed E-state index contributed by atoms with van der Waals surface area (Å²) in [5.74, 6) is -0.973. The summed E-state index contributed by atoms with van der Waals surface area (Å²) in [6, 6.07) is 8.54. The first-order valence-corrected chi connectivity index (χ1v) is 15.2.